The molecule has 18 heavy (non-hydrogen) atoms. The van der Waals surface area contributed by atoms with Crippen molar-refractivity contribution in [2.45, 2.75) is 39.5 Å². The minimum Gasteiger partial charge on any atom is -0.465 e. The summed E-state index contributed by atoms with van der Waals surface area (Å²) >= 11 is 0. The Kier molecular flexibility index (Phi) is 8.92. The van der Waals surface area contributed by atoms with E-state index < -0.39 is 12.0 Å². The molecule has 0 unspecified atom stereocenters. The predicted molar refractivity (Wildman–Crippen MR) is 69.5 cm³/mol. The maximum atomic E-state index is 11.5. The Morgan fingerprint density at radius 2 is 1.89 bits per heavy atom. The molecule has 0 spiro atoms. The van der Waals surface area contributed by atoms with E-state index in [4.69, 9.17) is 9.84 Å². The summed E-state index contributed by atoms with van der Waals surface area (Å²) in [5.41, 5.74) is 0.209. The van der Waals surface area contributed by atoms with Gasteiger partial charge in [0, 0.05) is 12.2 Å². The van der Waals surface area contributed by atoms with Crippen LogP contribution in [0.15, 0.2) is 12.2 Å². The number of amides is 2. The van der Waals surface area contributed by atoms with Gasteiger partial charge in [-0.2, -0.15) is 0 Å². The van der Waals surface area contributed by atoms with Crippen LogP contribution >= 0.6 is 0 Å². The van der Waals surface area contributed by atoms with Crippen molar-refractivity contribution < 1.29 is 19.4 Å². The fraction of sp³-hybridized carbons (Fsp3) is 0.692. The van der Waals surface area contributed by atoms with Gasteiger partial charge in [-0.05, 0) is 13.3 Å². The van der Waals surface area contributed by atoms with Crippen LogP contribution in [0.4, 0.5) is 4.79 Å². The molecule has 0 atom stereocenters. The maximum absolute atomic E-state index is 11.5. The summed E-state index contributed by atoms with van der Waals surface area (Å²) < 4.78 is 5.30. The lowest BCUT2D eigenvalue weighted by atomic mass is 10.2. The van der Waals surface area contributed by atoms with E-state index in [0.29, 0.717) is 6.61 Å². The molecular formula is C13H23NO4. The Bertz CT molecular complexity index is 289. The molecule has 5 nitrogen and oxygen atoms in total. The van der Waals surface area contributed by atoms with Crippen molar-refractivity contribution in [1.82, 2.24) is 4.90 Å². The molecule has 0 saturated carbocycles. The van der Waals surface area contributed by atoms with Gasteiger partial charge >= 0.3 is 6.09 Å². The molecule has 0 saturated heterocycles. The van der Waals surface area contributed by atoms with E-state index >= 15 is 0 Å². The van der Waals surface area contributed by atoms with Gasteiger partial charge in [-0.1, -0.05) is 32.8 Å². The normalized spacial score (nSPS) is 10.1. The van der Waals surface area contributed by atoms with Gasteiger partial charge in [-0.3, -0.25) is 4.79 Å². The highest BCUT2D eigenvalue weighted by Gasteiger charge is 2.20. The van der Waals surface area contributed by atoms with Crippen LogP contribution in [0.1, 0.15) is 39.5 Å². The zero-order valence-corrected chi connectivity index (χ0v) is 11.3. The topological polar surface area (TPSA) is 66.8 Å². The Morgan fingerprint density at radius 1 is 1.22 bits per heavy atom. The second-order valence-corrected chi connectivity index (χ2v) is 4.19. The molecule has 5 heteroatoms. The van der Waals surface area contributed by atoms with Gasteiger partial charge in [0.25, 0.3) is 5.91 Å². The number of ether oxygens (including phenoxy) is 1. The number of hydrogen-bond acceptors (Lipinski definition) is 3. The Balaban J connectivity index is 3.82. The SMILES string of the molecule is C=C(C)C(=O)N(CCOCCCCCC)C(=O)O. The number of carbonyl (C=O) groups is 2. The van der Waals surface area contributed by atoms with E-state index in [0.717, 1.165) is 17.7 Å². The van der Waals surface area contributed by atoms with E-state index in [1.165, 1.54) is 19.8 Å². The largest absolute Gasteiger partial charge is 0.465 e. The minimum atomic E-state index is -1.27. The first-order chi connectivity index (χ1) is 8.50. The van der Waals surface area contributed by atoms with Gasteiger partial charge in [0.2, 0.25) is 0 Å². The third-order valence-corrected chi connectivity index (χ3v) is 2.44. The lowest BCUT2D eigenvalue weighted by Gasteiger charge is -2.17. The summed E-state index contributed by atoms with van der Waals surface area (Å²) in [6.45, 7) is 7.95. The van der Waals surface area contributed by atoms with Gasteiger partial charge in [0.15, 0.2) is 0 Å². The van der Waals surface area contributed by atoms with Crippen LogP contribution in [0.5, 0.6) is 0 Å². The Hall–Kier alpha value is -1.36. The highest BCUT2D eigenvalue weighted by atomic mass is 16.5. The number of carboxylic acid groups (broad SMARTS) is 1. The molecule has 104 valence electrons. The lowest BCUT2D eigenvalue weighted by molar-refractivity contribution is -0.125. The summed E-state index contributed by atoms with van der Waals surface area (Å²) in [6, 6.07) is 0. The van der Waals surface area contributed by atoms with Crippen molar-refractivity contribution >= 4 is 12.0 Å². The van der Waals surface area contributed by atoms with Crippen LogP contribution in [0.25, 0.3) is 0 Å². The van der Waals surface area contributed by atoms with Crippen LogP contribution in [-0.4, -0.2) is 41.8 Å². The molecular weight excluding hydrogens is 234 g/mol. The molecule has 0 fully saturated rings. The summed E-state index contributed by atoms with van der Waals surface area (Å²) in [5.74, 6) is -0.572. The second-order valence-electron chi connectivity index (χ2n) is 4.19. The second kappa shape index (κ2) is 9.65. The molecule has 0 radical (unpaired) electrons. The molecule has 0 heterocycles. The predicted octanol–water partition coefficient (Wildman–Crippen LogP) is 2.67. The van der Waals surface area contributed by atoms with Gasteiger partial charge in [0.1, 0.15) is 0 Å². The van der Waals surface area contributed by atoms with Crippen molar-refractivity contribution in [3.8, 4) is 0 Å². The van der Waals surface area contributed by atoms with Gasteiger partial charge in [-0.25, -0.2) is 9.69 Å². The van der Waals surface area contributed by atoms with Crippen LogP contribution in [0, 0.1) is 0 Å². The molecule has 1 N–H and O–H groups in total. The van der Waals surface area contributed by atoms with Crippen molar-refractivity contribution in [3.63, 3.8) is 0 Å². The molecule has 0 aliphatic carbocycles. The summed E-state index contributed by atoms with van der Waals surface area (Å²) in [4.78, 5) is 23.1. The number of imide groups is 1. The molecule has 0 aliphatic heterocycles. The first kappa shape index (κ1) is 16.6. The number of carbonyl (C=O) groups excluding carboxylic acids is 1. The first-order valence-electron chi connectivity index (χ1n) is 6.28. The van der Waals surface area contributed by atoms with E-state index in [2.05, 4.69) is 13.5 Å². The van der Waals surface area contributed by atoms with Crippen molar-refractivity contribution in [1.29, 1.82) is 0 Å². The van der Waals surface area contributed by atoms with Crippen LogP contribution in [0.2, 0.25) is 0 Å². The molecule has 0 aromatic carbocycles. The van der Waals surface area contributed by atoms with E-state index in [-0.39, 0.29) is 18.7 Å². The van der Waals surface area contributed by atoms with E-state index in [1.807, 2.05) is 0 Å². The standard InChI is InChI=1S/C13H23NO4/c1-4-5-6-7-9-18-10-8-14(13(16)17)12(15)11(2)3/h2,4-10H2,1,3H3,(H,16,17). The number of rotatable bonds is 9. The molecule has 0 bridgehead atoms. The van der Waals surface area contributed by atoms with Crippen LogP contribution in [0.3, 0.4) is 0 Å². The third-order valence-electron chi connectivity index (χ3n) is 2.44. The number of hydrogen-bond donors (Lipinski definition) is 1. The molecule has 2 amide bonds. The number of nitrogens with zero attached hydrogens (tertiary/aromatic N) is 1. The average molecular weight is 257 g/mol. The Labute approximate surface area is 108 Å². The molecule has 0 rings (SSSR count). The molecule has 0 aliphatic rings. The van der Waals surface area contributed by atoms with E-state index in [1.54, 1.807) is 0 Å². The number of unbranched alkanes of at least 4 members (excludes halogenated alkanes) is 3. The van der Waals surface area contributed by atoms with Crippen molar-refractivity contribution in [2.75, 3.05) is 19.8 Å². The fourth-order valence-electron chi connectivity index (χ4n) is 1.40. The van der Waals surface area contributed by atoms with Crippen LogP contribution in [-0.2, 0) is 9.53 Å². The zero-order valence-electron chi connectivity index (χ0n) is 11.3. The maximum Gasteiger partial charge on any atom is 0.414 e. The van der Waals surface area contributed by atoms with Crippen LogP contribution < -0.4 is 0 Å². The minimum absolute atomic E-state index is 0.0504. The Morgan fingerprint density at radius 3 is 2.39 bits per heavy atom. The lowest BCUT2D eigenvalue weighted by Crippen LogP contribution is -2.38. The van der Waals surface area contributed by atoms with Gasteiger partial charge < -0.3 is 9.84 Å². The highest BCUT2D eigenvalue weighted by Crippen LogP contribution is 2.01. The summed E-state index contributed by atoms with van der Waals surface area (Å²) in [7, 11) is 0. The zero-order chi connectivity index (χ0) is 14.0. The monoisotopic (exact) mass is 257 g/mol. The molecule has 0 aromatic rings. The molecule has 0 aromatic heterocycles. The first-order valence-corrected chi connectivity index (χ1v) is 6.28. The van der Waals surface area contributed by atoms with Gasteiger partial charge in [-0.15, -0.1) is 0 Å². The van der Waals surface area contributed by atoms with E-state index in [9.17, 15) is 9.59 Å². The fourth-order valence-corrected chi connectivity index (χ4v) is 1.40. The quantitative estimate of drug-likeness (QED) is 0.509. The van der Waals surface area contributed by atoms with Crippen molar-refractivity contribution in [3.05, 3.63) is 12.2 Å². The van der Waals surface area contributed by atoms with Crippen molar-refractivity contribution in [2.24, 2.45) is 0 Å². The summed E-state index contributed by atoms with van der Waals surface area (Å²) in [6.07, 6.45) is 3.16. The smallest absolute Gasteiger partial charge is 0.414 e. The van der Waals surface area contributed by atoms with Gasteiger partial charge in [0.05, 0.1) is 13.2 Å². The summed E-state index contributed by atoms with van der Waals surface area (Å²) in [5, 5.41) is 8.87. The highest BCUT2D eigenvalue weighted by molar-refractivity contribution is 6.01. The average Bonchev–Trinajstić information content (AvgIpc) is 2.31. The third kappa shape index (κ3) is 7.06.